The fourth-order valence-electron chi connectivity index (χ4n) is 22.9. The molecule has 2 N–H and O–H groups in total. The van der Waals surface area contributed by atoms with E-state index in [1.165, 1.54) is 83.5 Å². The van der Waals surface area contributed by atoms with Crippen LogP contribution in [-0.2, 0) is 0 Å². The van der Waals surface area contributed by atoms with E-state index >= 15 is 0 Å². The van der Waals surface area contributed by atoms with Gasteiger partial charge in [-0.2, -0.15) is 0 Å². The van der Waals surface area contributed by atoms with Crippen LogP contribution in [0.2, 0.25) is 0 Å². The van der Waals surface area contributed by atoms with Gasteiger partial charge in [-0.25, -0.2) is 0 Å². The van der Waals surface area contributed by atoms with E-state index in [-0.39, 0.29) is 12.2 Å². The molecule has 0 heterocycles. The van der Waals surface area contributed by atoms with Crippen LogP contribution in [0, 0.1) is 116 Å². The number of hydrogen-bond donors (Lipinski definition) is 2. The Labute approximate surface area is 331 Å². The highest BCUT2D eigenvalue weighted by atomic mass is 16.3. The molecule has 14 aliphatic rings. The highest BCUT2D eigenvalue weighted by molar-refractivity contribution is 5.18. The van der Waals surface area contributed by atoms with Crippen molar-refractivity contribution in [1.29, 1.82) is 0 Å². The standard InChI is InChI=1S/C52H82O2/c1-31-16-45(41-10-5-6-11-42(41)48(31)54)51-25-33-17-34(26-51)22-49(21-33,29-51)38-14-15-47(53)46(20-38)52-27-35-18-36(28-52)24-50(23-35,30-52)44-13-7-12-40-32(2)39-9-4-3-8-37(39)19-43(40)44/h31-48,53-54H,3-30H2,1-2H3. The number of aliphatic hydroxyl groups is 2. The van der Waals surface area contributed by atoms with Gasteiger partial charge in [0, 0.05) is 0 Å². The zero-order valence-electron chi connectivity index (χ0n) is 35.1. The summed E-state index contributed by atoms with van der Waals surface area (Å²) >= 11 is 0. The Kier molecular flexibility index (Phi) is 8.44. The quantitative estimate of drug-likeness (QED) is 0.301. The summed E-state index contributed by atoms with van der Waals surface area (Å²) in [7, 11) is 0. The smallest absolute Gasteiger partial charge is 0.0596 e. The van der Waals surface area contributed by atoms with Gasteiger partial charge in [0.15, 0.2) is 0 Å². The Morgan fingerprint density at radius 1 is 0.407 bits per heavy atom. The molecule has 0 saturated heterocycles. The van der Waals surface area contributed by atoms with Gasteiger partial charge in [0.2, 0.25) is 0 Å². The van der Waals surface area contributed by atoms with Crippen molar-refractivity contribution in [1.82, 2.24) is 0 Å². The molecule has 302 valence electrons. The minimum absolute atomic E-state index is 0.0297. The van der Waals surface area contributed by atoms with E-state index in [9.17, 15) is 10.2 Å². The highest BCUT2D eigenvalue weighted by Crippen LogP contribution is 2.77. The van der Waals surface area contributed by atoms with E-state index in [4.69, 9.17) is 0 Å². The van der Waals surface area contributed by atoms with Gasteiger partial charge in [0.05, 0.1) is 12.2 Å². The molecule has 14 aliphatic carbocycles. The SMILES string of the molecule is CC1CC(C23CC4CC(CC(C5CCC(O)C(C67CC8CC(C6)CC(C6CCCC9C(C)C%10CCCCC%10CC96)(C8)C7)C5)(C4)C2)C3)C2CCCCC2C1O. The van der Waals surface area contributed by atoms with E-state index in [2.05, 4.69) is 13.8 Å². The average molecular weight is 739 g/mol. The Morgan fingerprint density at radius 2 is 0.963 bits per heavy atom. The van der Waals surface area contributed by atoms with Crippen LogP contribution in [0.3, 0.4) is 0 Å². The molecule has 0 aromatic heterocycles. The fourth-order valence-corrected chi connectivity index (χ4v) is 22.9. The monoisotopic (exact) mass is 739 g/mol. The van der Waals surface area contributed by atoms with Crippen LogP contribution in [0.25, 0.3) is 0 Å². The normalized spacial score (nSPS) is 62.9. The Balaban J connectivity index is 0.839. The molecule has 0 radical (unpaired) electrons. The second kappa shape index (κ2) is 12.7. The van der Waals surface area contributed by atoms with Gasteiger partial charge in [-0.1, -0.05) is 52.4 Å². The largest absolute Gasteiger partial charge is 0.393 e. The van der Waals surface area contributed by atoms with Gasteiger partial charge in [-0.3, -0.25) is 0 Å². The molecule has 0 aromatic carbocycles. The van der Waals surface area contributed by atoms with E-state index in [1.54, 1.807) is 89.9 Å². The topological polar surface area (TPSA) is 40.5 Å². The predicted octanol–water partition coefficient (Wildman–Crippen LogP) is 12.6. The van der Waals surface area contributed by atoms with Gasteiger partial charge in [0.25, 0.3) is 0 Å². The van der Waals surface area contributed by atoms with E-state index in [1.807, 2.05) is 0 Å². The van der Waals surface area contributed by atoms with E-state index in [0.29, 0.717) is 39.4 Å². The zero-order chi connectivity index (χ0) is 36.2. The highest BCUT2D eigenvalue weighted by Gasteiger charge is 2.68. The average Bonchev–Trinajstić information content (AvgIpc) is 3.15. The van der Waals surface area contributed by atoms with Crippen LogP contribution < -0.4 is 0 Å². The molecule has 14 fully saturated rings. The van der Waals surface area contributed by atoms with Crippen molar-refractivity contribution < 1.29 is 10.2 Å². The molecular formula is C52H82O2. The molecule has 0 spiro atoms. The molecule has 0 aliphatic heterocycles. The van der Waals surface area contributed by atoms with Crippen LogP contribution >= 0.6 is 0 Å². The van der Waals surface area contributed by atoms with Crippen LogP contribution in [0.15, 0.2) is 0 Å². The summed E-state index contributed by atoms with van der Waals surface area (Å²) in [6, 6.07) is 0. The first-order chi connectivity index (χ1) is 26.2. The molecule has 2 heteroatoms. The van der Waals surface area contributed by atoms with Crippen LogP contribution in [-0.4, -0.2) is 22.4 Å². The first kappa shape index (κ1) is 35.8. The number of fused-ring (bicyclic) bond motifs is 3. The van der Waals surface area contributed by atoms with Gasteiger partial charge in [-0.15, -0.1) is 0 Å². The first-order valence-corrected chi connectivity index (χ1v) is 25.5. The van der Waals surface area contributed by atoms with Gasteiger partial charge in [-0.05, 0) is 258 Å². The van der Waals surface area contributed by atoms with E-state index < -0.39 is 0 Å². The molecule has 14 saturated carbocycles. The lowest BCUT2D eigenvalue weighted by molar-refractivity contribution is -0.222. The minimum Gasteiger partial charge on any atom is -0.393 e. The summed E-state index contributed by atoms with van der Waals surface area (Å²) in [5.41, 5.74) is 2.20. The van der Waals surface area contributed by atoms with Crippen molar-refractivity contribution in [2.75, 3.05) is 0 Å². The summed E-state index contributed by atoms with van der Waals surface area (Å²) in [5.74, 6) is 14.3. The molecular weight excluding hydrogens is 657 g/mol. The van der Waals surface area contributed by atoms with Gasteiger partial charge in [0.1, 0.15) is 0 Å². The van der Waals surface area contributed by atoms with Gasteiger partial charge >= 0.3 is 0 Å². The Bertz CT molecular complexity index is 1400. The lowest BCUT2D eigenvalue weighted by Gasteiger charge is -2.71. The molecule has 0 amide bonds. The van der Waals surface area contributed by atoms with Crippen molar-refractivity contribution in [3.05, 3.63) is 0 Å². The third-order valence-electron chi connectivity index (χ3n) is 23.4. The molecule has 54 heavy (non-hydrogen) atoms. The summed E-state index contributed by atoms with van der Waals surface area (Å²) in [6.45, 7) is 5.17. The number of hydrogen-bond acceptors (Lipinski definition) is 2. The molecule has 2 nitrogen and oxygen atoms in total. The third kappa shape index (κ3) is 5.20. The third-order valence-corrected chi connectivity index (χ3v) is 23.4. The Morgan fingerprint density at radius 3 is 1.67 bits per heavy atom. The van der Waals surface area contributed by atoms with E-state index in [0.717, 1.165) is 83.4 Å². The lowest BCUT2D eigenvalue weighted by atomic mass is 9.34. The number of aliphatic hydroxyl groups excluding tert-OH is 2. The van der Waals surface area contributed by atoms with Crippen molar-refractivity contribution in [2.24, 2.45) is 116 Å². The van der Waals surface area contributed by atoms with Crippen molar-refractivity contribution >= 4 is 0 Å². The van der Waals surface area contributed by atoms with Crippen molar-refractivity contribution in [3.8, 4) is 0 Å². The minimum atomic E-state index is -0.0382. The summed E-state index contributed by atoms with van der Waals surface area (Å²) in [4.78, 5) is 0. The predicted molar refractivity (Wildman–Crippen MR) is 218 cm³/mol. The molecule has 14 rings (SSSR count). The van der Waals surface area contributed by atoms with Crippen molar-refractivity contribution in [2.45, 2.75) is 206 Å². The molecule has 18 unspecified atom stereocenters. The lowest BCUT2D eigenvalue weighted by Crippen LogP contribution is -2.63. The molecule has 18 atom stereocenters. The molecule has 0 aromatic rings. The second-order valence-corrected chi connectivity index (χ2v) is 25.6. The zero-order valence-corrected chi connectivity index (χ0v) is 35.1. The summed E-state index contributed by atoms with van der Waals surface area (Å²) < 4.78 is 0. The van der Waals surface area contributed by atoms with Crippen LogP contribution in [0.5, 0.6) is 0 Å². The first-order valence-electron chi connectivity index (χ1n) is 25.5. The Hall–Kier alpha value is -0.0800. The van der Waals surface area contributed by atoms with Crippen molar-refractivity contribution in [3.63, 3.8) is 0 Å². The number of rotatable bonds is 4. The summed E-state index contributed by atoms with van der Waals surface area (Å²) in [5, 5.41) is 23.9. The summed E-state index contributed by atoms with van der Waals surface area (Å²) in [6.07, 6.45) is 41.5. The maximum atomic E-state index is 12.4. The van der Waals surface area contributed by atoms with Crippen LogP contribution in [0.4, 0.5) is 0 Å². The van der Waals surface area contributed by atoms with Crippen LogP contribution in [0.1, 0.15) is 194 Å². The maximum Gasteiger partial charge on any atom is 0.0596 e. The maximum absolute atomic E-state index is 12.4. The second-order valence-electron chi connectivity index (χ2n) is 25.6. The molecule has 8 bridgehead atoms. The fraction of sp³-hybridized carbons (Fsp3) is 1.00. The van der Waals surface area contributed by atoms with Gasteiger partial charge < -0.3 is 10.2 Å².